The molecule has 0 saturated carbocycles. The molecule has 3 aromatic rings. The zero-order chi connectivity index (χ0) is 34.3. The fourth-order valence-electron chi connectivity index (χ4n) is 5.98. The molecule has 0 aliphatic carbocycles. The van der Waals surface area contributed by atoms with Crippen LogP contribution < -0.4 is 10.1 Å². The molecule has 1 aliphatic heterocycles. The van der Waals surface area contributed by atoms with Gasteiger partial charge in [-0.3, -0.25) is 9.59 Å². The molecule has 13 heteroatoms. The molecule has 0 bridgehead atoms. The number of hydrogen-bond donors (Lipinski definition) is 2. The Kier molecular flexibility index (Phi) is 12.0. The lowest BCUT2D eigenvalue weighted by Gasteiger charge is -2.43. The highest BCUT2D eigenvalue weighted by Gasteiger charge is 2.44. The second-order valence-electron chi connectivity index (χ2n) is 12.5. The van der Waals surface area contributed by atoms with E-state index in [1.54, 1.807) is 29.0 Å². The van der Waals surface area contributed by atoms with Crippen molar-refractivity contribution in [2.45, 2.75) is 59.0 Å². The number of carbonyl (C=O) groups is 2. The van der Waals surface area contributed by atoms with E-state index in [1.807, 2.05) is 19.9 Å². The van der Waals surface area contributed by atoms with Gasteiger partial charge >= 0.3 is 5.97 Å². The largest absolute Gasteiger partial charge is 0.468 e. The van der Waals surface area contributed by atoms with E-state index in [4.69, 9.17) is 19.2 Å². The summed E-state index contributed by atoms with van der Waals surface area (Å²) in [4.78, 5) is 32.4. The van der Waals surface area contributed by atoms with Crippen molar-refractivity contribution < 1.29 is 42.1 Å². The van der Waals surface area contributed by atoms with Crippen LogP contribution in [-0.2, 0) is 25.6 Å². The normalized spacial score (nSPS) is 17.7. The predicted molar refractivity (Wildman–Crippen MR) is 168 cm³/mol. The van der Waals surface area contributed by atoms with Crippen molar-refractivity contribution in [1.29, 1.82) is 0 Å². The number of nitrogens with one attached hydrogen (secondary N) is 1. The van der Waals surface area contributed by atoms with E-state index in [9.17, 15) is 19.1 Å². The highest BCUT2D eigenvalue weighted by Crippen LogP contribution is 2.43. The summed E-state index contributed by atoms with van der Waals surface area (Å²) < 4.78 is 62.3. The fourth-order valence-corrected chi connectivity index (χ4v) is 5.98. The number of carbonyl (C=O) groups excluding carboxylic acids is 2. The molecule has 0 unspecified atom stereocenters. The van der Waals surface area contributed by atoms with E-state index < -0.39 is 53.2 Å². The van der Waals surface area contributed by atoms with E-state index in [0.29, 0.717) is 12.3 Å². The number of ether oxygens (including phenoxy) is 3. The van der Waals surface area contributed by atoms with Gasteiger partial charge in [-0.05, 0) is 54.7 Å². The van der Waals surface area contributed by atoms with Gasteiger partial charge in [-0.15, -0.1) is 0 Å². The second kappa shape index (κ2) is 15.8. The van der Waals surface area contributed by atoms with Gasteiger partial charge in [0, 0.05) is 64.5 Å². The molecular formula is C34H43F3N4O6. The van der Waals surface area contributed by atoms with Gasteiger partial charge in [0.2, 0.25) is 0 Å². The molecule has 47 heavy (non-hydrogen) atoms. The quantitative estimate of drug-likeness (QED) is 0.179. The Labute approximate surface area is 272 Å². The monoisotopic (exact) mass is 660 g/mol. The Bertz CT molecular complexity index is 1530. The number of benzene rings is 2. The van der Waals surface area contributed by atoms with Crippen molar-refractivity contribution in [3.05, 3.63) is 71.7 Å². The number of esters is 1. The number of halogens is 3. The van der Waals surface area contributed by atoms with Gasteiger partial charge in [0.25, 0.3) is 5.91 Å². The van der Waals surface area contributed by atoms with E-state index in [2.05, 4.69) is 5.32 Å². The maximum Gasteiger partial charge on any atom is 0.303 e. The van der Waals surface area contributed by atoms with Crippen LogP contribution >= 0.6 is 0 Å². The van der Waals surface area contributed by atoms with E-state index in [0.717, 1.165) is 23.8 Å². The number of amides is 1. The molecule has 0 radical (unpaired) electrons. The third-order valence-corrected chi connectivity index (χ3v) is 8.32. The zero-order valence-corrected chi connectivity index (χ0v) is 27.3. The highest BCUT2D eigenvalue weighted by molar-refractivity contribution is 5.83. The van der Waals surface area contributed by atoms with E-state index in [1.165, 1.54) is 25.9 Å². The van der Waals surface area contributed by atoms with Crippen molar-refractivity contribution in [3.63, 3.8) is 0 Å². The van der Waals surface area contributed by atoms with Crippen molar-refractivity contribution in [3.8, 4) is 17.0 Å². The van der Waals surface area contributed by atoms with Gasteiger partial charge in [-0.2, -0.15) is 0 Å². The summed E-state index contributed by atoms with van der Waals surface area (Å²) in [5.41, 5.74) is -0.115. The van der Waals surface area contributed by atoms with Crippen LogP contribution in [0.1, 0.15) is 51.5 Å². The molecule has 256 valence electrons. The Hall–Kier alpha value is -3.94. The average Bonchev–Trinajstić information content (AvgIpc) is 3.61. The van der Waals surface area contributed by atoms with Crippen LogP contribution in [0.15, 0.2) is 48.7 Å². The van der Waals surface area contributed by atoms with Gasteiger partial charge in [-0.1, -0.05) is 26.0 Å². The molecule has 4 rings (SSSR count). The number of nitrogens with zero attached hydrogens (tertiary/aromatic N) is 3. The lowest BCUT2D eigenvalue weighted by molar-refractivity contribution is -0.161. The first-order valence-corrected chi connectivity index (χ1v) is 15.5. The molecule has 2 aromatic carbocycles. The number of rotatable bonds is 15. The number of methoxy groups -OCH3 is 1. The fraction of sp³-hybridized carbons (Fsp3) is 0.500. The molecular weight excluding hydrogens is 617 g/mol. The molecule has 1 fully saturated rings. The lowest BCUT2D eigenvalue weighted by Crippen LogP contribution is -2.50. The van der Waals surface area contributed by atoms with E-state index in [-0.39, 0.29) is 56.5 Å². The number of alkyl halides is 1. The van der Waals surface area contributed by atoms with Crippen molar-refractivity contribution >= 4 is 11.9 Å². The van der Waals surface area contributed by atoms with Gasteiger partial charge < -0.3 is 34.1 Å². The van der Waals surface area contributed by atoms with Crippen LogP contribution in [0, 0.1) is 23.0 Å². The van der Waals surface area contributed by atoms with Crippen molar-refractivity contribution in [2.75, 3.05) is 40.1 Å². The minimum atomic E-state index is -1.25. The smallest absolute Gasteiger partial charge is 0.303 e. The molecule has 10 nitrogen and oxygen atoms in total. The second-order valence-corrected chi connectivity index (χ2v) is 12.5. The van der Waals surface area contributed by atoms with Gasteiger partial charge in [0.05, 0.1) is 11.7 Å². The topological polar surface area (TPSA) is 115 Å². The zero-order valence-electron chi connectivity index (χ0n) is 27.3. The lowest BCUT2D eigenvalue weighted by atomic mass is 9.79. The Morgan fingerprint density at radius 2 is 1.96 bits per heavy atom. The minimum Gasteiger partial charge on any atom is -0.468 e. The van der Waals surface area contributed by atoms with Crippen LogP contribution in [-0.4, -0.2) is 83.9 Å². The first-order chi connectivity index (χ1) is 22.3. The van der Waals surface area contributed by atoms with Crippen LogP contribution in [0.3, 0.4) is 0 Å². The van der Waals surface area contributed by atoms with E-state index >= 15 is 8.78 Å². The summed E-state index contributed by atoms with van der Waals surface area (Å²) in [6.07, 6.45) is -0.694. The summed E-state index contributed by atoms with van der Waals surface area (Å²) >= 11 is 0. The summed E-state index contributed by atoms with van der Waals surface area (Å²) in [6, 6.07) is 9.33. The Morgan fingerprint density at radius 1 is 1.19 bits per heavy atom. The van der Waals surface area contributed by atoms with Gasteiger partial charge in [-0.25, -0.2) is 18.2 Å². The molecule has 1 saturated heterocycles. The number of aliphatic hydroxyl groups is 1. The summed E-state index contributed by atoms with van der Waals surface area (Å²) in [5, 5.41) is 13.2. The molecule has 1 aliphatic rings. The molecule has 2 N–H and O–H groups in total. The number of hydrogen-bond acceptors (Lipinski definition) is 8. The van der Waals surface area contributed by atoms with Crippen LogP contribution in [0.5, 0.6) is 5.75 Å². The third kappa shape index (κ3) is 8.91. The highest BCUT2D eigenvalue weighted by atomic mass is 19.1. The summed E-state index contributed by atoms with van der Waals surface area (Å²) in [6.45, 7) is 6.64. The van der Waals surface area contributed by atoms with Crippen molar-refractivity contribution in [1.82, 2.24) is 19.8 Å². The Balaban J connectivity index is 1.93. The standard InChI is InChI=1S/C34H43F3N4O6/c1-21(47-22(2)43)33(44)41(18-24-15-38-16-29(24)37)31(34(3,4)11-12-42)32-39-30(27-14-25(35)9-10-28(27)36)19-40(32)17-23-7-6-8-26(13-23)46-20-45-5/h6-10,13-14,19,21,24,29,31,38,42H,11-12,15-18,20H2,1-5H3/t21-,24-,29-,31-/m0/s1. The number of aromatic nitrogens is 2. The first kappa shape index (κ1) is 35.9. The maximum absolute atomic E-state index is 15.1. The van der Waals surface area contributed by atoms with Crippen LogP contribution in [0.4, 0.5) is 13.2 Å². The van der Waals surface area contributed by atoms with Crippen LogP contribution in [0.25, 0.3) is 11.3 Å². The molecule has 1 aromatic heterocycles. The third-order valence-electron chi connectivity index (χ3n) is 8.32. The Morgan fingerprint density at radius 3 is 2.62 bits per heavy atom. The maximum atomic E-state index is 15.1. The average molecular weight is 661 g/mol. The van der Waals surface area contributed by atoms with Gasteiger partial charge in [0.1, 0.15) is 29.4 Å². The van der Waals surface area contributed by atoms with Gasteiger partial charge in [0.15, 0.2) is 12.9 Å². The summed E-state index contributed by atoms with van der Waals surface area (Å²) in [5.74, 6) is -2.37. The molecule has 2 heterocycles. The SMILES string of the molecule is COCOc1cccc(Cn2cc(-c3cc(F)ccc3F)nc2[C@H](N(C[C@@H]2CNC[C@@H]2F)C(=O)[C@H](C)OC(C)=O)C(C)(C)CCO)c1. The molecule has 4 atom stereocenters. The summed E-state index contributed by atoms with van der Waals surface area (Å²) in [7, 11) is 1.51. The minimum absolute atomic E-state index is 0.0311. The van der Waals surface area contributed by atoms with Crippen LogP contribution in [0.2, 0.25) is 0 Å². The molecule has 1 amide bonds. The predicted octanol–water partition coefficient (Wildman–Crippen LogP) is 4.65. The number of imidazole rings is 1. The van der Waals surface area contributed by atoms with Crippen molar-refractivity contribution in [2.24, 2.45) is 11.3 Å². The number of aliphatic hydroxyl groups excluding tert-OH is 1. The molecule has 0 spiro atoms. The first-order valence-electron chi connectivity index (χ1n) is 15.5.